The molecule has 0 saturated carbocycles. The van der Waals surface area contributed by atoms with Crippen LogP contribution in [0.4, 0.5) is 0 Å². The van der Waals surface area contributed by atoms with Crippen LogP contribution in [-0.2, 0) is 78.5 Å². The van der Waals surface area contributed by atoms with E-state index >= 15 is 0 Å². The van der Waals surface area contributed by atoms with Gasteiger partial charge >= 0.3 is 5.97 Å². The number of H-pyrrole nitrogens is 1. The fraction of sp³-hybridized carbons (Fsp3) is 0.393. The summed E-state index contributed by atoms with van der Waals surface area (Å²) >= 11 is 0. The fourth-order valence-electron chi connectivity index (χ4n) is 10.3. The number of likely N-dealkylation sites (N-methyl/N-ethyl adjacent to an activating group) is 1. The first-order valence-electron chi connectivity index (χ1n) is 28.4. The molecule has 0 unspecified atom stereocenters. The van der Waals surface area contributed by atoms with Crippen LogP contribution in [-0.4, -0.2) is 171 Å². The van der Waals surface area contributed by atoms with Crippen LogP contribution in [0.2, 0.25) is 0 Å². The smallest absolute Gasteiger partial charge is 0.305 e. The van der Waals surface area contributed by atoms with Crippen LogP contribution in [0.25, 0.3) is 10.9 Å². The molecule has 0 bridgehead atoms. The Bertz CT molecular complexity index is 3190. The maximum atomic E-state index is 14.8. The van der Waals surface area contributed by atoms with Crippen LogP contribution in [0.5, 0.6) is 5.75 Å². The van der Waals surface area contributed by atoms with Crippen LogP contribution in [0.3, 0.4) is 0 Å². The highest BCUT2D eigenvalue weighted by Crippen LogP contribution is 2.22. The number of rotatable bonds is 14. The SMILES string of the molecule is CCCCC[C@@H]1NC(=O)[C@H](Cc2ccc(O)cc2)NC(=O)[C@H](Cc2ccccc2)N(C)C(=O)CNC(=O)CNC(=O)[C@H]2CCCN2C(=O)[C@H](CC(=O)O)NC(=O)CN(Cc2ccccc2)C(=O)CNC(=O)[C@H](Cc2c[nH]c3ccccc23)NC1=O. The van der Waals surface area contributed by atoms with E-state index < -0.39 is 134 Å². The molecular weight excluding hydrogens is 1090 g/mol. The lowest BCUT2D eigenvalue weighted by Gasteiger charge is -2.30. The lowest BCUT2D eigenvalue weighted by atomic mass is 10.00. The van der Waals surface area contributed by atoms with E-state index in [1.54, 1.807) is 85.1 Å². The van der Waals surface area contributed by atoms with Gasteiger partial charge < -0.3 is 67.1 Å². The number of unbranched alkanes of at least 4 members (excludes halogenated alkanes) is 2. The van der Waals surface area contributed by atoms with Crippen molar-refractivity contribution in [2.75, 3.05) is 39.8 Å². The van der Waals surface area contributed by atoms with E-state index in [1.165, 1.54) is 19.2 Å². The largest absolute Gasteiger partial charge is 0.508 e. The predicted octanol–water partition coefficient (Wildman–Crippen LogP) is 1.10. The van der Waals surface area contributed by atoms with Gasteiger partial charge in [0.25, 0.3) is 0 Å². The number of fused-ring (bicyclic) bond motifs is 2. The zero-order chi connectivity index (χ0) is 61.0. The van der Waals surface area contributed by atoms with Crippen molar-refractivity contribution in [2.45, 2.75) is 114 Å². The van der Waals surface area contributed by atoms with Crippen molar-refractivity contribution in [1.82, 2.24) is 56.9 Å². The maximum absolute atomic E-state index is 14.8. The minimum Gasteiger partial charge on any atom is -0.508 e. The summed E-state index contributed by atoms with van der Waals surface area (Å²) in [5.41, 5.74) is 3.06. The van der Waals surface area contributed by atoms with Gasteiger partial charge in [-0.1, -0.05) is 117 Å². The molecule has 24 nitrogen and oxygen atoms in total. The Morgan fingerprint density at radius 1 is 0.588 bits per heavy atom. The minimum absolute atomic E-state index is 0.00448. The molecule has 2 aliphatic heterocycles. The zero-order valence-corrected chi connectivity index (χ0v) is 47.5. The van der Waals surface area contributed by atoms with Crippen molar-refractivity contribution in [2.24, 2.45) is 0 Å². The molecule has 10 amide bonds. The molecule has 7 rings (SSSR count). The number of nitrogens with zero attached hydrogens (tertiary/aromatic N) is 3. The number of amides is 10. The zero-order valence-electron chi connectivity index (χ0n) is 47.5. The van der Waals surface area contributed by atoms with Gasteiger partial charge in [0.05, 0.1) is 32.6 Å². The molecule has 1 aromatic heterocycles. The number of hydrogen-bond acceptors (Lipinski definition) is 12. The van der Waals surface area contributed by atoms with E-state index in [2.05, 4.69) is 42.2 Å². The molecule has 4 aromatic carbocycles. The number of phenols is 1. The number of phenolic OH excluding ortho intramolecular Hbond substituents is 1. The van der Waals surface area contributed by atoms with Gasteiger partial charge in [-0.05, 0) is 59.7 Å². The number of carbonyl (C=O) groups is 11. The lowest BCUT2D eigenvalue weighted by Crippen LogP contribution is -2.59. The van der Waals surface area contributed by atoms with E-state index in [4.69, 9.17) is 0 Å². The summed E-state index contributed by atoms with van der Waals surface area (Å²) in [5, 5.41) is 39.2. The second-order valence-corrected chi connectivity index (χ2v) is 21.2. The number of benzene rings is 4. The van der Waals surface area contributed by atoms with Crippen LogP contribution in [0, 0.1) is 0 Å². The molecule has 2 fully saturated rings. The standard InChI is InChI=1S/C61H73N11O13/c1-3-4-7-21-45-57(81)68-47(30-41-32-62-44-20-13-12-19-43(41)44)56(80)65-35-54(77)71(36-40-17-10-6-11-18-40)37-52(75)66-48(31-55(78)79)61(85)72-27-14-22-49(72)59(83)64-33-51(74)63-34-53(76)70(2)50(29-38-15-8-5-9-16-38)60(84)69-46(58(82)67-45)28-39-23-25-42(73)26-24-39/h5-6,8-13,15-20,23-26,32,45-50,62,73H,3-4,7,14,21-22,27-31,33-37H2,1-2H3,(H,63,74)(H,64,83)(H,65,80)(H,66,75)(H,67,82)(H,68,81)(H,69,84)(H,78,79)/t45-,46-,47-,48-,49+,50-/m0/s1. The molecule has 0 radical (unpaired) electrons. The van der Waals surface area contributed by atoms with Crippen molar-refractivity contribution >= 4 is 75.9 Å². The molecular formula is C61H73N11O13. The molecule has 5 aromatic rings. The third kappa shape index (κ3) is 18.2. The van der Waals surface area contributed by atoms with Gasteiger partial charge in [0, 0.05) is 56.5 Å². The van der Waals surface area contributed by atoms with Crippen molar-refractivity contribution in [3.8, 4) is 5.75 Å². The lowest BCUT2D eigenvalue weighted by molar-refractivity contribution is -0.146. The number of para-hydroxylation sites is 1. The number of carboxylic acid groups (broad SMARTS) is 1. The average Bonchev–Trinajstić information content (AvgIpc) is 3.70. The Kier molecular flexibility index (Phi) is 22.7. The first kappa shape index (κ1) is 63.0. The molecule has 2 aliphatic rings. The second-order valence-electron chi connectivity index (χ2n) is 21.2. The Morgan fingerprint density at radius 2 is 1.20 bits per heavy atom. The highest BCUT2D eigenvalue weighted by Gasteiger charge is 2.40. The molecule has 10 N–H and O–H groups in total. The number of carboxylic acids is 1. The average molecular weight is 1170 g/mol. The third-order valence-corrected chi connectivity index (χ3v) is 14.9. The maximum Gasteiger partial charge on any atom is 0.305 e. The van der Waals surface area contributed by atoms with Gasteiger partial charge in [-0.2, -0.15) is 0 Å². The Morgan fingerprint density at radius 3 is 1.91 bits per heavy atom. The summed E-state index contributed by atoms with van der Waals surface area (Å²) < 4.78 is 0. The van der Waals surface area contributed by atoms with Crippen molar-refractivity contribution in [1.29, 1.82) is 0 Å². The number of aliphatic carboxylic acids is 1. The number of nitrogens with one attached hydrogen (secondary N) is 8. The van der Waals surface area contributed by atoms with E-state index in [9.17, 15) is 63.0 Å². The van der Waals surface area contributed by atoms with Crippen LogP contribution < -0.4 is 37.2 Å². The minimum atomic E-state index is -1.71. The van der Waals surface area contributed by atoms with Gasteiger partial charge in [-0.3, -0.25) is 52.7 Å². The Labute approximate surface area is 491 Å². The van der Waals surface area contributed by atoms with Gasteiger partial charge in [0.2, 0.25) is 59.1 Å². The molecule has 6 atom stereocenters. The number of aromatic hydroxyl groups is 1. The molecule has 0 aliphatic carbocycles. The van der Waals surface area contributed by atoms with Gasteiger partial charge in [-0.15, -0.1) is 0 Å². The van der Waals surface area contributed by atoms with E-state index in [0.717, 1.165) is 32.0 Å². The van der Waals surface area contributed by atoms with Gasteiger partial charge in [-0.25, -0.2) is 0 Å². The topological polar surface area (TPSA) is 338 Å². The fourth-order valence-corrected chi connectivity index (χ4v) is 10.3. The van der Waals surface area contributed by atoms with E-state index in [0.29, 0.717) is 41.5 Å². The quantitative estimate of drug-likeness (QED) is 0.0698. The van der Waals surface area contributed by atoms with Crippen molar-refractivity contribution < 1.29 is 63.0 Å². The van der Waals surface area contributed by atoms with Crippen molar-refractivity contribution in [3.63, 3.8) is 0 Å². The summed E-state index contributed by atoms with van der Waals surface area (Å²) in [5.74, 6) is -9.63. The molecule has 24 heteroatoms. The molecule has 450 valence electrons. The van der Waals surface area contributed by atoms with Crippen LogP contribution >= 0.6 is 0 Å². The highest BCUT2D eigenvalue weighted by molar-refractivity contribution is 5.99. The van der Waals surface area contributed by atoms with Gasteiger partial charge in [0.15, 0.2) is 0 Å². The third-order valence-electron chi connectivity index (χ3n) is 14.9. The number of hydrogen-bond donors (Lipinski definition) is 10. The van der Waals surface area contributed by atoms with Crippen molar-refractivity contribution in [3.05, 3.63) is 138 Å². The Balaban J connectivity index is 1.24. The molecule has 2 saturated heterocycles. The highest BCUT2D eigenvalue weighted by atomic mass is 16.4. The van der Waals surface area contributed by atoms with Crippen LogP contribution in [0.1, 0.15) is 74.1 Å². The monoisotopic (exact) mass is 1170 g/mol. The van der Waals surface area contributed by atoms with E-state index in [-0.39, 0.29) is 50.9 Å². The molecule has 0 spiro atoms. The summed E-state index contributed by atoms with van der Waals surface area (Å²) in [7, 11) is 1.35. The summed E-state index contributed by atoms with van der Waals surface area (Å²) in [6.45, 7) is -0.956. The summed E-state index contributed by atoms with van der Waals surface area (Å²) in [6.07, 6.45) is 2.80. The first-order chi connectivity index (χ1) is 40.9. The number of aromatic nitrogens is 1. The van der Waals surface area contributed by atoms with Crippen LogP contribution in [0.15, 0.2) is 115 Å². The normalized spacial score (nSPS) is 21.6. The Hall–Kier alpha value is -9.61. The molecule has 3 heterocycles. The van der Waals surface area contributed by atoms with E-state index in [1.807, 2.05) is 25.1 Å². The number of aromatic amines is 1. The summed E-state index contributed by atoms with van der Waals surface area (Å²) in [4.78, 5) is 161. The second kappa shape index (κ2) is 30.6. The molecule has 85 heavy (non-hydrogen) atoms. The van der Waals surface area contributed by atoms with Gasteiger partial charge in [0.1, 0.15) is 42.0 Å². The summed E-state index contributed by atoms with van der Waals surface area (Å²) in [6, 6.07) is 22.2. The predicted molar refractivity (Wildman–Crippen MR) is 310 cm³/mol. The number of carbonyl (C=O) groups excluding carboxylic acids is 10. The first-order valence-corrected chi connectivity index (χ1v) is 28.4.